The molecule has 0 amide bonds. The smallest absolute Gasteiger partial charge is 0.320 e. The Kier molecular flexibility index (Phi) is 15.7. The molecule has 9 nitrogen and oxygen atoms in total. The molecule has 0 aliphatic heterocycles. The Morgan fingerprint density at radius 2 is 1.00 bits per heavy atom. The van der Waals surface area contributed by atoms with Crippen molar-refractivity contribution in [2.45, 2.75) is 59.2 Å². The third kappa shape index (κ3) is 23.0. The Hall–Kier alpha value is -1.26. The van der Waals surface area contributed by atoms with Crippen LogP contribution in [0.15, 0.2) is 0 Å². The highest BCUT2D eigenvalue weighted by molar-refractivity contribution is 5.72. The number of hydrogen-bond donors (Lipinski definition) is 1. The molecule has 0 spiro atoms. The normalized spacial score (nSPS) is 12.1. The molecular weight excluding hydrogens is 394 g/mol. The number of rotatable bonds is 17. The zero-order chi connectivity index (χ0) is 22.9. The minimum atomic E-state index is -0.468. The molecule has 0 unspecified atom stereocenters. The lowest BCUT2D eigenvalue weighted by Gasteiger charge is -2.19. The summed E-state index contributed by atoms with van der Waals surface area (Å²) in [7, 11) is 0. The van der Waals surface area contributed by atoms with Crippen molar-refractivity contribution in [2.75, 3.05) is 65.9 Å². The van der Waals surface area contributed by atoms with E-state index >= 15 is 0 Å². The van der Waals surface area contributed by atoms with Gasteiger partial charge in [-0.2, -0.15) is 0 Å². The van der Waals surface area contributed by atoms with E-state index in [4.69, 9.17) is 28.4 Å². The first kappa shape index (κ1) is 28.7. The van der Waals surface area contributed by atoms with Crippen LogP contribution in [-0.4, -0.2) is 89.1 Å². The molecule has 0 bridgehead atoms. The van der Waals surface area contributed by atoms with Gasteiger partial charge in [-0.05, 0) is 41.5 Å². The fourth-order valence-electron chi connectivity index (χ4n) is 2.02. The van der Waals surface area contributed by atoms with Gasteiger partial charge in [-0.25, -0.2) is 0 Å². The van der Waals surface area contributed by atoms with Gasteiger partial charge in [-0.15, -0.1) is 0 Å². The molecule has 0 aromatic carbocycles. The standard InChI is InChI=1S/C21H41NO8/c1-20(2,3)29-18(23)7-9-25-11-13-27-15-16-28-14-12-26-10-8-22-17-19(24)30-21(4,5)6/h22H,7-17H2,1-6H3. The van der Waals surface area contributed by atoms with Crippen LogP contribution in [0.5, 0.6) is 0 Å². The Balaban J connectivity index is 3.25. The van der Waals surface area contributed by atoms with E-state index < -0.39 is 11.2 Å². The fourth-order valence-corrected chi connectivity index (χ4v) is 2.02. The van der Waals surface area contributed by atoms with Crippen molar-refractivity contribution in [2.24, 2.45) is 0 Å². The van der Waals surface area contributed by atoms with Crippen molar-refractivity contribution < 1.29 is 38.0 Å². The molecule has 0 aromatic heterocycles. The molecule has 0 saturated heterocycles. The van der Waals surface area contributed by atoms with E-state index in [1.54, 1.807) is 0 Å². The van der Waals surface area contributed by atoms with Gasteiger partial charge in [0.1, 0.15) is 11.2 Å². The molecule has 0 atom stereocenters. The van der Waals surface area contributed by atoms with E-state index in [-0.39, 0.29) is 24.9 Å². The predicted molar refractivity (Wildman–Crippen MR) is 112 cm³/mol. The van der Waals surface area contributed by atoms with Gasteiger partial charge in [0, 0.05) is 6.54 Å². The average molecular weight is 436 g/mol. The van der Waals surface area contributed by atoms with Gasteiger partial charge in [-0.3, -0.25) is 9.59 Å². The summed E-state index contributed by atoms with van der Waals surface area (Å²) in [5, 5.41) is 2.97. The first-order valence-electron chi connectivity index (χ1n) is 10.4. The summed E-state index contributed by atoms with van der Waals surface area (Å²) >= 11 is 0. The van der Waals surface area contributed by atoms with Crippen molar-refractivity contribution >= 4 is 11.9 Å². The molecule has 0 heterocycles. The number of esters is 2. The van der Waals surface area contributed by atoms with E-state index in [0.29, 0.717) is 59.4 Å². The molecule has 0 aliphatic carbocycles. The molecule has 30 heavy (non-hydrogen) atoms. The van der Waals surface area contributed by atoms with Crippen LogP contribution in [0.2, 0.25) is 0 Å². The van der Waals surface area contributed by atoms with Gasteiger partial charge in [0.05, 0.1) is 65.8 Å². The second-order valence-electron chi connectivity index (χ2n) is 8.55. The first-order chi connectivity index (χ1) is 14.0. The lowest BCUT2D eigenvalue weighted by atomic mass is 10.2. The average Bonchev–Trinajstić information content (AvgIpc) is 2.58. The van der Waals surface area contributed by atoms with E-state index in [2.05, 4.69) is 5.32 Å². The highest BCUT2D eigenvalue weighted by Crippen LogP contribution is 2.08. The summed E-state index contributed by atoms with van der Waals surface area (Å²) in [6.45, 7) is 15.3. The third-order valence-corrected chi connectivity index (χ3v) is 3.10. The Morgan fingerprint density at radius 3 is 1.47 bits per heavy atom. The second-order valence-corrected chi connectivity index (χ2v) is 8.55. The van der Waals surface area contributed by atoms with Gasteiger partial charge >= 0.3 is 11.9 Å². The summed E-state index contributed by atoms with van der Waals surface area (Å²) in [5.41, 5.74) is -0.936. The topological polar surface area (TPSA) is 102 Å². The molecule has 0 aromatic rings. The summed E-state index contributed by atoms with van der Waals surface area (Å²) in [6.07, 6.45) is 0.233. The van der Waals surface area contributed by atoms with Crippen molar-refractivity contribution in [3.63, 3.8) is 0 Å². The summed E-state index contributed by atoms with van der Waals surface area (Å²) in [6, 6.07) is 0. The van der Waals surface area contributed by atoms with E-state index in [9.17, 15) is 9.59 Å². The van der Waals surface area contributed by atoms with E-state index in [1.807, 2.05) is 41.5 Å². The quantitative estimate of drug-likeness (QED) is 0.270. The molecule has 0 saturated carbocycles. The van der Waals surface area contributed by atoms with E-state index in [0.717, 1.165) is 0 Å². The number of hydrogen-bond acceptors (Lipinski definition) is 9. The van der Waals surface area contributed by atoms with Crippen LogP contribution >= 0.6 is 0 Å². The maximum absolute atomic E-state index is 11.5. The minimum Gasteiger partial charge on any atom is -0.460 e. The van der Waals surface area contributed by atoms with Crippen LogP contribution in [0.4, 0.5) is 0 Å². The highest BCUT2D eigenvalue weighted by atomic mass is 16.6. The maximum Gasteiger partial charge on any atom is 0.320 e. The van der Waals surface area contributed by atoms with Crippen molar-refractivity contribution in [3.8, 4) is 0 Å². The van der Waals surface area contributed by atoms with Crippen LogP contribution in [-0.2, 0) is 38.0 Å². The Morgan fingerprint density at radius 1 is 0.600 bits per heavy atom. The molecule has 0 fully saturated rings. The maximum atomic E-state index is 11.5. The van der Waals surface area contributed by atoms with Crippen molar-refractivity contribution in [1.82, 2.24) is 5.32 Å². The predicted octanol–water partition coefficient (Wildman–Crippen LogP) is 1.72. The van der Waals surface area contributed by atoms with Gasteiger partial charge < -0.3 is 33.7 Å². The molecule has 178 valence electrons. The molecular formula is C21H41NO8. The third-order valence-electron chi connectivity index (χ3n) is 3.10. The van der Waals surface area contributed by atoms with Gasteiger partial charge in [0.15, 0.2) is 0 Å². The second kappa shape index (κ2) is 16.4. The summed E-state index contributed by atoms with van der Waals surface area (Å²) in [4.78, 5) is 23.0. The van der Waals surface area contributed by atoms with Crippen LogP contribution in [0, 0.1) is 0 Å². The monoisotopic (exact) mass is 435 g/mol. The van der Waals surface area contributed by atoms with Crippen molar-refractivity contribution in [1.29, 1.82) is 0 Å². The van der Waals surface area contributed by atoms with Crippen LogP contribution in [0.3, 0.4) is 0 Å². The summed E-state index contributed by atoms with van der Waals surface area (Å²) in [5.74, 6) is -0.544. The number of carbonyl (C=O) groups excluding carboxylic acids is 2. The molecule has 1 N–H and O–H groups in total. The van der Waals surface area contributed by atoms with Gasteiger partial charge in [-0.1, -0.05) is 0 Å². The minimum absolute atomic E-state index is 0.166. The Bertz CT molecular complexity index is 415. The zero-order valence-corrected chi connectivity index (χ0v) is 19.5. The number of ether oxygens (including phenoxy) is 6. The lowest BCUT2D eigenvalue weighted by molar-refractivity contribution is -0.156. The van der Waals surface area contributed by atoms with Crippen molar-refractivity contribution in [3.05, 3.63) is 0 Å². The molecule has 0 rings (SSSR count). The molecule has 9 heteroatoms. The van der Waals surface area contributed by atoms with Crippen LogP contribution < -0.4 is 5.32 Å². The SMILES string of the molecule is CC(C)(C)OC(=O)CCOCCOCCOCCOCCNCC(=O)OC(C)(C)C. The number of nitrogens with one attached hydrogen (secondary N) is 1. The number of carbonyl (C=O) groups is 2. The molecule has 0 radical (unpaired) electrons. The largest absolute Gasteiger partial charge is 0.460 e. The lowest BCUT2D eigenvalue weighted by Crippen LogP contribution is -2.33. The Labute approximate surface area is 181 Å². The summed E-state index contributed by atoms with van der Waals surface area (Å²) < 4.78 is 31.9. The van der Waals surface area contributed by atoms with E-state index in [1.165, 1.54) is 0 Å². The first-order valence-corrected chi connectivity index (χ1v) is 10.4. The molecule has 0 aliphatic rings. The van der Waals surface area contributed by atoms with Crippen LogP contribution in [0.25, 0.3) is 0 Å². The van der Waals surface area contributed by atoms with Gasteiger partial charge in [0.25, 0.3) is 0 Å². The highest BCUT2D eigenvalue weighted by Gasteiger charge is 2.16. The van der Waals surface area contributed by atoms with Crippen LogP contribution in [0.1, 0.15) is 48.0 Å². The zero-order valence-electron chi connectivity index (χ0n) is 19.5. The fraction of sp³-hybridized carbons (Fsp3) is 0.905. The van der Waals surface area contributed by atoms with Gasteiger partial charge in [0.2, 0.25) is 0 Å².